The molecule has 0 amide bonds. The molecule has 0 fully saturated rings. The zero-order chi connectivity index (χ0) is 13.5. The second kappa shape index (κ2) is 7.20. The third-order valence-electron chi connectivity index (χ3n) is 3.32. The number of rotatable bonds is 0. The summed E-state index contributed by atoms with van der Waals surface area (Å²) in [5.41, 5.74) is 7.53. The van der Waals surface area contributed by atoms with Crippen molar-refractivity contribution >= 4 is 11.6 Å². The van der Waals surface area contributed by atoms with Gasteiger partial charge < -0.3 is 0 Å². The summed E-state index contributed by atoms with van der Waals surface area (Å²) >= 11 is 0. The molecule has 1 aromatic carbocycles. The number of hydrogen-bond donors (Lipinski definition) is 0. The molecule has 3 rings (SSSR count). The number of allylic oxidation sites excluding steroid dienone is 3. The fourth-order valence-corrected chi connectivity index (χ4v) is 2.57. The van der Waals surface area contributed by atoms with Crippen LogP contribution in [0, 0.1) is 6.92 Å². The SMILES string of the molecule is CC.CC.Cc1ccc2c3c1C=CCC=C3CC2. The van der Waals surface area contributed by atoms with Crippen LogP contribution in [0.15, 0.2) is 24.3 Å². The van der Waals surface area contributed by atoms with E-state index < -0.39 is 0 Å². The smallest absolute Gasteiger partial charge is 0.0120 e. The van der Waals surface area contributed by atoms with Gasteiger partial charge in [0.25, 0.3) is 0 Å². The van der Waals surface area contributed by atoms with Crippen LogP contribution in [-0.4, -0.2) is 0 Å². The summed E-state index contributed by atoms with van der Waals surface area (Å²) in [5, 5.41) is 0. The summed E-state index contributed by atoms with van der Waals surface area (Å²) in [6.07, 6.45) is 10.5. The van der Waals surface area contributed by atoms with Crippen LogP contribution in [-0.2, 0) is 6.42 Å². The second-order valence-corrected chi connectivity index (χ2v) is 4.20. The molecule has 0 nitrogen and oxygen atoms in total. The van der Waals surface area contributed by atoms with E-state index in [9.17, 15) is 0 Å². The lowest BCUT2D eigenvalue weighted by atomic mass is 9.97. The van der Waals surface area contributed by atoms with Gasteiger partial charge in [0.05, 0.1) is 0 Å². The first-order chi connectivity index (χ1) is 8.86. The van der Waals surface area contributed by atoms with E-state index >= 15 is 0 Å². The van der Waals surface area contributed by atoms with Gasteiger partial charge in [0.15, 0.2) is 0 Å². The van der Waals surface area contributed by atoms with Gasteiger partial charge in [-0.15, -0.1) is 0 Å². The number of hydrogen-bond acceptors (Lipinski definition) is 0. The molecule has 98 valence electrons. The third kappa shape index (κ3) is 2.75. The van der Waals surface area contributed by atoms with E-state index in [4.69, 9.17) is 0 Å². The highest BCUT2D eigenvalue weighted by Crippen LogP contribution is 2.38. The summed E-state index contributed by atoms with van der Waals surface area (Å²) in [5.74, 6) is 0. The number of aryl methyl sites for hydroxylation is 2. The van der Waals surface area contributed by atoms with Gasteiger partial charge >= 0.3 is 0 Å². The summed E-state index contributed by atoms with van der Waals surface area (Å²) in [6, 6.07) is 4.56. The maximum Gasteiger partial charge on any atom is -0.0120 e. The molecule has 1 aromatic rings. The van der Waals surface area contributed by atoms with E-state index in [1.165, 1.54) is 24.0 Å². The van der Waals surface area contributed by atoms with Gasteiger partial charge in [-0.05, 0) is 54.0 Å². The Hall–Kier alpha value is -1.30. The van der Waals surface area contributed by atoms with Gasteiger partial charge in [0.2, 0.25) is 0 Å². The van der Waals surface area contributed by atoms with Crippen molar-refractivity contribution in [2.24, 2.45) is 0 Å². The molecule has 2 aliphatic carbocycles. The minimum Gasteiger partial charge on any atom is -0.0801 e. The van der Waals surface area contributed by atoms with E-state index in [-0.39, 0.29) is 0 Å². The molecule has 0 aliphatic heterocycles. The Balaban J connectivity index is 0.000000371. The molecule has 0 bridgehead atoms. The maximum absolute atomic E-state index is 2.39. The summed E-state index contributed by atoms with van der Waals surface area (Å²) < 4.78 is 0. The average Bonchev–Trinajstić information content (AvgIpc) is 2.72. The van der Waals surface area contributed by atoms with Crippen molar-refractivity contribution in [2.75, 3.05) is 0 Å². The molecule has 0 heteroatoms. The van der Waals surface area contributed by atoms with Gasteiger partial charge in [-0.3, -0.25) is 0 Å². The van der Waals surface area contributed by atoms with Crippen LogP contribution in [0.4, 0.5) is 0 Å². The van der Waals surface area contributed by atoms with Crippen molar-refractivity contribution in [3.05, 3.63) is 46.5 Å². The molecule has 0 N–H and O–H groups in total. The molecule has 0 spiro atoms. The largest absolute Gasteiger partial charge is 0.0801 e. The Labute approximate surface area is 112 Å². The lowest BCUT2D eigenvalue weighted by Gasteiger charge is -2.08. The van der Waals surface area contributed by atoms with E-state index in [2.05, 4.69) is 37.3 Å². The zero-order valence-corrected chi connectivity index (χ0v) is 12.5. The highest BCUT2D eigenvalue weighted by Gasteiger charge is 2.20. The third-order valence-corrected chi connectivity index (χ3v) is 3.32. The first kappa shape index (κ1) is 14.8. The Morgan fingerprint density at radius 2 is 1.67 bits per heavy atom. The minimum atomic E-state index is 1.10. The van der Waals surface area contributed by atoms with Gasteiger partial charge in [-0.2, -0.15) is 0 Å². The zero-order valence-electron chi connectivity index (χ0n) is 12.5. The molecule has 2 aliphatic rings. The summed E-state index contributed by atoms with van der Waals surface area (Å²) in [6.45, 7) is 10.2. The molecule has 0 radical (unpaired) electrons. The van der Waals surface area contributed by atoms with Crippen LogP contribution in [0.25, 0.3) is 11.6 Å². The summed E-state index contributed by atoms with van der Waals surface area (Å²) in [7, 11) is 0. The Morgan fingerprint density at radius 1 is 0.944 bits per heavy atom. The van der Waals surface area contributed by atoms with E-state index in [0.717, 1.165) is 6.42 Å². The first-order valence-electron chi connectivity index (χ1n) is 7.34. The molecule has 0 aromatic heterocycles. The van der Waals surface area contributed by atoms with Gasteiger partial charge in [0, 0.05) is 0 Å². The van der Waals surface area contributed by atoms with Crippen LogP contribution in [0.2, 0.25) is 0 Å². The van der Waals surface area contributed by atoms with Crippen molar-refractivity contribution in [1.29, 1.82) is 0 Å². The fourth-order valence-electron chi connectivity index (χ4n) is 2.57. The molecule has 0 atom stereocenters. The normalized spacial score (nSPS) is 14.4. The average molecular weight is 242 g/mol. The maximum atomic E-state index is 2.39. The van der Waals surface area contributed by atoms with Crippen molar-refractivity contribution in [3.8, 4) is 0 Å². The molecular formula is C18H26. The lowest BCUT2D eigenvalue weighted by Crippen LogP contribution is -1.89. The van der Waals surface area contributed by atoms with Gasteiger partial charge in [0.1, 0.15) is 0 Å². The monoisotopic (exact) mass is 242 g/mol. The number of benzene rings is 1. The first-order valence-corrected chi connectivity index (χ1v) is 7.34. The highest BCUT2D eigenvalue weighted by molar-refractivity contribution is 5.82. The van der Waals surface area contributed by atoms with Crippen molar-refractivity contribution in [1.82, 2.24) is 0 Å². The standard InChI is InChI=1S/C14H14.2C2H6/c1-10-6-7-12-9-8-11-4-2-3-5-13(10)14(11)12;2*1-2/h3-7H,2,8-9H2,1H3;2*1-2H3. The van der Waals surface area contributed by atoms with E-state index in [0.29, 0.717) is 0 Å². The van der Waals surface area contributed by atoms with Crippen LogP contribution >= 0.6 is 0 Å². The predicted molar refractivity (Wildman–Crippen MR) is 83.8 cm³/mol. The Kier molecular flexibility index (Phi) is 5.91. The van der Waals surface area contributed by atoms with Crippen molar-refractivity contribution < 1.29 is 0 Å². The second-order valence-electron chi connectivity index (χ2n) is 4.20. The van der Waals surface area contributed by atoms with Crippen molar-refractivity contribution in [3.63, 3.8) is 0 Å². The van der Waals surface area contributed by atoms with E-state index in [1.807, 2.05) is 27.7 Å². The lowest BCUT2D eigenvalue weighted by molar-refractivity contribution is 1.08. The van der Waals surface area contributed by atoms with Crippen LogP contribution in [0.3, 0.4) is 0 Å². The molecular weight excluding hydrogens is 216 g/mol. The van der Waals surface area contributed by atoms with Gasteiger partial charge in [-0.1, -0.05) is 58.1 Å². The quantitative estimate of drug-likeness (QED) is 0.540. The fraction of sp³-hybridized carbons (Fsp3) is 0.444. The van der Waals surface area contributed by atoms with Crippen LogP contribution in [0.1, 0.15) is 62.8 Å². The van der Waals surface area contributed by atoms with Gasteiger partial charge in [-0.25, -0.2) is 0 Å². The molecule has 0 unspecified atom stereocenters. The van der Waals surface area contributed by atoms with Crippen LogP contribution < -0.4 is 0 Å². The predicted octanol–water partition coefficient (Wildman–Crippen LogP) is 5.79. The van der Waals surface area contributed by atoms with E-state index in [1.54, 1.807) is 16.7 Å². The molecule has 0 saturated carbocycles. The topological polar surface area (TPSA) is 0 Å². The minimum absolute atomic E-state index is 1.10. The molecule has 0 saturated heterocycles. The Bertz CT molecular complexity index is 447. The summed E-state index contributed by atoms with van der Waals surface area (Å²) in [4.78, 5) is 0. The van der Waals surface area contributed by atoms with Crippen LogP contribution in [0.5, 0.6) is 0 Å². The molecule has 0 heterocycles. The Morgan fingerprint density at radius 3 is 2.39 bits per heavy atom. The van der Waals surface area contributed by atoms with Crippen molar-refractivity contribution in [2.45, 2.75) is 53.9 Å². The highest BCUT2D eigenvalue weighted by atomic mass is 14.2. The molecule has 18 heavy (non-hydrogen) atoms.